The second kappa shape index (κ2) is 3.19. The fourth-order valence-corrected chi connectivity index (χ4v) is 1.74. The van der Waals surface area contributed by atoms with Gasteiger partial charge < -0.3 is 0 Å². The Hall–Kier alpha value is -2.17. The Morgan fingerprint density at radius 2 is 2.11 bits per heavy atom. The summed E-state index contributed by atoms with van der Waals surface area (Å²) in [7, 11) is 0. The smallest absolute Gasteiger partial charge is 0.219 e. The molecule has 8 heteroatoms. The van der Waals surface area contributed by atoms with Crippen LogP contribution in [-0.4, -0.2) is 19.6 Å². The van der Waals surface area contributed by atoms with Crippen LogP contribution in [0.25, 0.3) is 5.78 Å². The van der Waals surface area contributed by atoms with Crippen LogP contribution in [0.5, 0.6) is 0 Å². The van der Waals surface area contributed by atoms with Crippen molar-refractivity contribution in [3.63, 3.8) is 0 Å². The van der Waals surface area contributed by atoms with Gasteiger partial charge in [0.15, 0.2) is 0 Å². The van der Waals surface area contributed by atoms with Gasteiger partial charge in [0.05, 0.1) is 11.5 Å². The van der Waals surface area contributed by atoms with Crippen molar-refractivity contribution in [2.45, 2.75) is 24.4 Å². The van der Waals surface area contributed by atoms with Gasteiger partial charge in [-0.2, -0.15) is 23.4 Å². The summed E-state index contributed by atoms with van der Waals surface area (Å²) in [6, 6.07) is 2.15. The van der Waals surface area contributed by atoms with Crippen molar-refractivity contribution >= 4 is 5.78 Å². The lowest BCUT2D eigenvalue weighted by Gasteiger charge is -2.04. The van der Waals surface area contributed by atoms with Crippen LogP contribution in [-0.2, 0) is 11.6 Å². The van der Waals surface area contributed by atoms with Gasteiger partial charge in [-0.25, -0.2) is 9.50 Å². The van der Waals surface area contributed by atoms with E-state index in [4.69, 9.17) is 5.26 Å². The molecule has 1 saturated carbocycles. The molecule has 0 radical (unpaired) electrons. The van der Waals surface area contributed by atoms with E-state index in [2.05, 4.69) is 21.1 Å². The van der Waals surface area contributed by atoms with Gasteiger partial charge in [-0.3, -0.25) is 0 Å². The lowest BCUT2D eigenvalue weighted by Crippen LogP contribution is -2.08. The number of alkyl halides is 3. The van der Waals surface area contributed by atoms with E-state index in [0.717, 1.165) is 4.52 Å². The monoisotopic (exact) mass is 253 g/mol. The van der Waals surface area contributed by atoms with E-state index in [-0.39, 0.29) is 5.78 Å². The van der Waals surface area contributed by atoms with E-state index in [9.17, 15) is 13.2 Å². The maximum atomic E-state index is 12.4. The Morgan fingerprint density at radius 3 is 2.67 bits per heavy atom. The summed E-state index contributed by atoms with van der Waals surface area (Å²) in [5, 5.41) is 12.3. The third-order valence-electron chi connectivity index (χ3n) is 2.96. The fraction of sp³-hybridized carbons (Fsp3) is 0.400. The summed E-state index contributed by atoms with van der Waals surface area (Å²) in [5.41, 5.74) is -0.0259. The molecule has 1 aliphatic rings. The number of aromatic nitrogens is 4. The van der Waals surface area contributed by atoms with Crippen LogP contribution >= 0.6 is 0 Å². The van der Waals surface area contributed by atoms with Gasteiger partial charge in [-0.05, 0) is 12.8 Å². The van der Waals surface area contributed by atoms with Crippen molar-refractivity contribution in [3.8, 4) is 6.07 Å². The molecule has 0 unspecified atom stereocenters. The third kappa shape index (κ3) is 1.51. The first-order valence-electron chi connectivity index (χ1n) is 5.16. The quantitative estimate of drug-likeness (QED) is 0.775. The van der Waals surface area contributed by atoms with Crippen molar-refractivity contribution < 1.29 is 13.2 Å². The Morgan fingerprint density at radius 1 is 1.39 bits per heavy atom. The summed E-state index contributed by atoms with van der Waals surface area (Å²) >= 11 is 0. The Kier molecular flexibility index (Phi) is 1.94. The first-order chi connectivity index (χ1) is 8.44. The molecule has 0 saturated heterocycles. The van der Waals surface area contributed by atoms with Gasteiger partial charge in [0.25, 0.3) is 11.6 Å². The number of fused-ring (bicyclic) bond motifs is 1. The molecule has 1 fully saturated rings. The Labute approximate surface area is 98.9 Å². The summed E-state index contributed by atoms with van der Waals surface area (Å²) in [5.74, 6) is -1.35. The van der Waals surface area contributed by atoms with Crippen LogP contribution in [0.15, 0.2) is 12.4 Å². The molecule has 2 aromatic rings. The van der Waals surface area contributed by atoms with Crippen molar-refractivity contribution in [1.29, 1.82) is 5.26 Å². The molecular weight excluding hydrogens is 247 g/mol. The van der Waals surface area contributed by atoms with Crippen LogP contribution in [0.1, 0.15) is 24.2 Å². The van der Waals surface area contributed by atoms with Crippen molar-refractivity contribution in [2.24, 2.45) is 0 Å². The third-order valence-corrected chi connectivity index (χ3v) is 2.96. The Balaban J connectivity index is 2.11. The van der Waals surface area contributed by atoms with Crippen molar-refractivity contribution in [1.82, 2.24) is 19.6 Å². The van der Waals surface area contributed by atoms with E-state index in [1.54, 1.807) is 0 Å². The summed E-state index contributed by atoms with van der Waals surface area (Å²) in [6.07, 6.45) is -0.434. The number of hydrogen-bond donors (Lipinski definition) is 0. The average Bonchev–Trinajstić information content (AvgIpc) is 2.99. The summed E-state index contributed by atoms with van der Waals surface area (Å²) < 4.78 is 38.2. The lowest BCUT2D eigenvalue weighted by molar-refractivity contribution is -0.144. The van der Waals surface area contributed by atoms with E-state index >= 15 is 0 Å². The number of rotatable bonds is 1. The lowest BCUT2D eigenvalue weighted by atomic mass is 10.0. The highest BCUT2D eigenvalue weighted by Crippen LogP contribution is 2.47. The molecule has 2 aromatic heterocycles. The topological polar surface area (TPSA) is 66.9 Å². The number of nitrogens with zero attached hydrogens (tertiary/aromatic N) is 5. The SMILES string of the molecule is N#CC1(c2cnc3nc(C(F)(F)F)nn3c2)CC1. The summed E-state index contributed by atoms with van der Waals surface area (Å²) in [6.45, 7) is 0. The van der Waals surface area contributed by atoms with Gasteiger partial charge >= 0.3 is 6.18 Å². The van der Waals surface area contributed by atoms with Gasteiger partial charge in [0.2, 0.25) is 0 Å². The van der Waals surface area contributed by atoms with Crippen molar-refractivity contribution in [2.75, 3.05) is 0 Å². The zero-order valence-electron chi connectivity index (χ0n) is 8.94. The van der Waals surface area contributed by atoms with Gasteiger partial charge in [0.1, 0.15) is 0 Å². The van der Waals surface area contributed by atoms with E-state index in [1.807, 2.05) is 0 Å². The molecule has 0 N–H and O–H groups in total. The molecule has 2 heterocycles. The molecule has 0 aliphatic heterocycles. The largest absolute Gasteiger partial charge is 0.453 e. The van der Waals surface area contributed by atoms with Crippen LogP contribution in [0.3, 0.4) is 0 Å². The zero-order valence-corrected chi connectivity index (χ0v) is 8.94. The minimum Gasteiger partial charge on any atom is -0.219 e. The molecule has 0 atom stereocenters. The second-order valence-electron chi connectivity index (χ2n) is 4.21. The Bertz CT molecular complexity index is 662. The predicted octanol–water partition coefficient (Wildman–Crippen LogP) is 1.70. The minimum absolute atomic E-state index is 0.125. The summed E-state index contributed by atoms with van der Waals surface area (Å²) in [4.78, 5) is 7.09. The van der Waals surface area contributed by atoms with Crippen LogP contribution in [0.2, 0.25) is 0 Å². The average molecular weight is 253 g/mol. The fourth-order valence-electron chi connectivity index (χ4n) is 1.74. The maximum absolute atomic E-state index is 12.4. The highest BCUT2D eigenvalue weighted by Gasteiger charge is 2.46. The molecule has 92 valence electrons. The number of hydrogen-bond acceptors (Lipinski definition) is 4. The standard InChI is InChI=1S/C10H6F3N5/c11-10(12,13)7-16-8-15-3-6(4-18(8)17-7)9(5-14)1-2-9/h3-4H,1-2H2. The van der Waals surface area contributed by atoms with E-state index in [1.165, 1.54) is 12.4 Å². The first kappa shape index (κ1) is 11.0. The van der Waals surface area contributed by atoms with Gasteiger partial charge in [0, 0.05) is 18.0 Å². The molecule has 0 amide bonds. The minimum atomic E-state index is -4.60. The highest BCUT2D eigenvalue weighted by molar-refractivity contribution is 5.39. The second-order valence-corrected chi connectivity index (χ2v) is 4.21. The maximum Gasteiger partial charge on any atom is 0.453 e. The predicted molar refractivity (Wildman–Crippen MR) is 52.3 cm³/mol. The first-order valence-corrected chi connectivity index (χ1v) is 5.16. The van der Waals surface area contributed by atoms with E-state index < -0.39 is 17.4 Å². The van der Waals surface area contributed by atoms with Crippen LogP contribution in [0.4, 0.5) is 13.2 Å². The highest BCUT2D eigenvalue weighted by atomic mass is 19.4. The molecule has 1 aliphatic carbocycles. The van der Waals surface area contributed by atoms with Gasteiger partial charge in [-0.15, -0.1) is 5.10 Å². The normalized spacial score (nSPS) is 17.7. The van der Waals surface area contributed by atoms with Crippen molar-refractivity contribution in [3.05, 3.63) is 23.8 Å². The van der Waals surface area contributed by atoms with Crippen LogP contribution in [0, 0.1) is 11.3 Å². The molecule has 0 aromatic carbocycles. The molecule has 5 nitrogen and oxygen atoms in total. The van der Waals surface area contributed by atoms with Crippen LogP contribution < -0.4 is 0 Å². The molecule has 3 rings (SSSR count). The zero-order chi connectivity index (χ0) is 13.0. The molecular formula is C10H6F3N5. The molecule has 0 bridgehead atoms. The van der Waals surface area contributed by atoms with E-state index in [0.29, 0.717) is 18.4 Å². The van der Waals surface area contributed by atoms with Gasteiger partial charge in [-0.1, -0.05) is 0 Å². The number of nitriles is 1. The molecule has 0 spiro atoms. The number of halogens is 3. The molecule has 18 heavy (non-hydrogen) atoms.